The normalized spacial score (nSPS) is 21.7. The number of aryl methyl sites for hydroxylation is 1. The Morgan fingerprint density at radius 1 is 1.30 bits per heavy atom. The van der Waals surface area contributed by atoms with E-state index in [0.717, 1.165) is 49.2 Å². The first-order chi connectivity index (χ1) is 11.1. The molecule has 1 atom stereocenters. The maximum absolute atomic E-state index is 12.1. The van der Waals surface area contributed by atoms with Crippen molar-refractivity contribution in [1.29, 1.82) is 0 Å². The van der Waals surface area contributed by atoms with Crippen molar-refractivity contribution in [2.24, 2.45) is 0 Å². The molecule has 0 saturated carbocycles. The van der Waals surface area contributed by atoms with Gasteiger partial charge in [-0.3, -0.25) is 9.58 Å². The van der Waals surface area contributed by atoms with Crippen molar-refractivity contribution < 1.29 is 4.79 Å². The topological polar surface area (TPSA) is 70.4 Å². The van der Waals surface area contributed by atoms with Crippen LogP contribution in [-0.2, 0) is 0 Å². The second-order valence-electron chi connectivity index (χ2n) is 6.05. The monoisotopic (exact) mass is 333 g/mol. The van der Waals surface area contributed by atoms with Crippen LogP contribution in [0.3, 0.4) is 0 Å². The lowest BCUT2D eigenvalue weighted by molar-refractivity contribution is 0.229. The third-order valence-electron chi connectivity index (χ3n) is 4.44. The van der Waals surface area contributed by atoms with Crippen LogP contribution in [0.5, 0.6) is 0 Å². The van der Waals surface area contributed by atoms with E-state index in [4.69, 9.17) is 0 Å². The first-order valence-electron chi connectivity index (χ1n) is 7.74. The predicted molar refractivity (Wildman–Crippen MR) is 88.1 cm³/mol. The number of urea groups is 1. The average Bonchev–Trinajstić information content (AvgIpc) is 3.27. The summed E-state index contributed by atoms with van der Waals surface area (Å²) in [5.41, 5.74) is 0.879. The lowest BCUT2D eigenvalue weighted by atomic mass is 10.3. The highest BCUT2D eigenvalue weighted by Gasteiger charge is 2.30. The van der Waals surface area contributed by atoms with Gasteiger partial charge < -0.3 is 9.80 Å². The van der Waals surface area contributed by atoms with Crippen LogP contribution in [0.1, 0.15) is 18.3 Å². The van der Waals surface area contributed by atoms with Gasteiger partial charge in [-0.25, -0.2) is 9.78 Å². The molecular formula is C14H19N7OS. The zero-order valence-corrected chi connectivity index (χ0v) is 14.0. The fourth-order valence-corrected chi connectivity index (χ4v) is 3.81. The molecule has 2 aromatic rings. The molecule has 0 bridgehead atoms. The van der Waals surface area contributed by atoms with Crippen molar-refractivity contribution in [3.63, 3.8) is 0 Å². The van der Waals surface area contributed by atoms with Gasteiger partial charge in [0.1, 0.15) is 5.82 Å². The Balaban J connectivity index is 1.47. The van der Waals surface area contributed by atoms with Crippen LogP contribution in [0.15, 0.2) is 12.4 Å². The number of aromatic nitrogens is 4. The second kappa shape index (κ2) is 5.48. The second-order valence-corrected chi connectivity index (χ2v) is 6.78. The van der Waals surface area contributed by atoms with Crippen molar-refractivity contribution in [2.45, 2.75) is 19.4 Å². The Kier molecular flexibility index (Phi) is 3.44. The summed E-state index contributed by atoms with van der Waals surface area (Å²) in [5.74, 6) is 0.825. The molecule has 2 aliphatic rings. The van der Waals surface area contributed by atoms with E-state index in [9.17, 15) is 4.79 Å². The third kappa shape index (κ3) is 2.54. The van der Waals surface area contributed by atoms with Crippen LogP contribution in [0, 0.1) is 6.92 Å². The summed E-state index contributed by atoms with van der Waals surface area (Å²) in [6.45, 7) is 5.24. The van der Waals surface area contributed by atoms with Crippen molar-refractivity contribution >= 4 is 28.4 Å². The van der Waals surface area contributed by atoms with Gasteiger partial charge in [-0.15, -0.1) is 0 Å². The number of likely N-dealkylation sites (N-methyl/N-ethyl adjacent to an activating group) is 1. The minimum absolute atomic E-state index is 0.0435. The van der Waals surface area contributed by atoms with E-state index in [1.54, 1.807) is 16.0 Å². The Morgan fingerprint density at radius 3 is 2.87 bits per heavy atom. The van der Waals surface area contributed by atoms with E-state index < -0.39 is 0 Å². The van der Waals surface area contributed by atoms with Gasteiger partial charge in [0.05, 0.1) is 17.9 Å². The van der Waals surface area contributed by atoms with Gasteiger partial charge in [-0.2, -0.15) is 9.47 Å². The molecule has 0 aliphatic carbocycles. The standard InChI is InChI=1S/C14H19N7OS/c1-10-16-13(23-17-10)19-4-3-11(8-19)21-9-12(7-15-21)20-6-5-18(2)14(20)22/h7,9,11H,3-6,8H2,1-2H3. The highest BCUT2D eigenvalue weighted by Crippen LogP contribution is 2.29. The molecule has 0 aromatic carbocycles. The Hall–Kier alpha value is -2.16. The molecule has 1 unspecified atom stereocenters. The lowest BCUT2D eigenvalue weighted by Crippen LogP contribution is -2.28. The largest absolute Gasteiger partial charge is 0.345 e. The number of carbonyl (C=O) groups excluding carboxylic acids is 1. The summed E-state index contributed by atoms with van der Waals surface area (Å²) in [6, 6.07) is 0.352. The number of hydrogen-bond acceptors (Lipinski definition) is 6. The first-order valence-corrected chi connectivity index (χ1v) is 8.51. The molecule has 4 rings (SSSR count). The Bertz CT molecular complexity index is 726. The average molecular weight is 333 g/mol. The molecule has 23 heavy (non-hydrogen) atoms. The van der Waals surface area contributed by atoms with Crippen LogP contribution in [-0.4, -0.2) is 63.3 Å². The molecule has 0 N–H and O–H groups in total. The summed E-state index contributed by atoms with van der Waals surface area (Å²) < 4.78 is 6.23. The summed E-state index contributed by atoms with van der Waals surface area (Å²) in [4.78, 5) is 22.3. The quantitative estimate of drug-likeness (QED) is 0.848. The summed E-state index contributed by atoms with van der Waals surface area (Å²) >= 11 is 1.45. The van der Waals surface area contributed by atoms with E-state index in [1.165, 1.54) is 11.5 Å². The molecule has 2 aromatic heterocycles. The Labute approximate surface area is 138 Å². The minimum Gasteiger partial charge on any atom is -0.345 e. The number of rotatable bonds is 3. The van der Waals surface area contributed by atoms with E-state index in [1.807, 2.05) is 24.9 Å². The highest BCUT2D eigenvalue weighted by atomic mass is 32.1. The van der Waals surface area contributed by atoms with Crippen molar-refractivity contribution in [1.82, 2.24) is 24.0 Å². The van der Waals surface area contributed by atoms with Crippen LogP contribution < -0.4 is 9.80 Å². The molecule has 0 radical (unpaired) electrons. The smallest absolute Gasteiger partial charge is 0.324 e. The number of nitrogens with zero attached hydrogens (tertiary/aromatic N) is 7. The first kappa shape index (κ1) is 14.4. The van der Waals surface area contributed by atoms with Crippen LogP contribution >= 0.6 is 11.5 Å². The van der Waals surface area contributed by atoms with E-state index in [-0.39, 0.29) is 6.03 Å². The molecule has 9 heteroatoms. The third-order valence-corrected chi connectivity index (χ3v) is 5.31. The SMILES string of the molecule is Cc1nsc(N2CCC(n3cc(N4CCN(C)C4=O)cn3)C2)n1. The predicted octanol–water partition coefficient (Wildman–Crippen LogP) is 1.37. The molecule has 2 saturated heterocycles. The molecule has 2 fully saturated rings. The number of carbonyl (C=O) groups is 1. The zero-order valence-electron chi connectivity index (χ0n) is 13.2. The van der Waals surface area contributed by atoms with Gasteiger partial charge in [0.15, 0.2) is 0 Å². The fraction of sp³-hybridized carbons (Fsp3) is 0.571. The summed E-state index contributed by atoms with van der Waals surface area (Å²) in [7, 11) is 1.83. The number of anilines is 2. The van der Waals surface area contributed by atoms with Gasteiger partial charge in [0.2, 0.25) is 5.13 Å². The van der Waals surface area contributed by atoms with E-state index >= 15 is 0 Å². The van der Waals surface area contributed by atoms with Crippen molar-refractivity contribution in [3.05, 3.63) is 18.2 Å². The van der Waals surface area contributed by atoms with E-state index in [0.29, 0.717) is 6.04 Å². The number of hydrogen-bond donors (Lipinski definition) is 0. The van der Waals surface area contributed by atoms with Gasteiger partial charge >= 0.3 is 6.03 Å². The molecule has 4 heterocycles. The minimum atomic E-state index is 0.0435. The maximum Gasteiger partial charge on any atom is 0.324 e. The summed E-state index contributed by atoms with van der Waals surface area (Å²) in [5, 5.41) is 5.46. The Morgan fingerprint density at radius 2 is 2.17 bits per heavy atom. The zero-order chi connectivity index (χ0) is 16.0. The lowest BCUT2D eigenvalue weighted by Gasteiger charge is -2.15. The van der Waals surface area contributed by atoms with Gasteiger partial charge in [0.25, 0.3) is 0 Å². The van der Waals surface area contributed by atoms with Crippen LogP contribution in [0.2, 0.25) is 0 Å². The molecule has 122 valence electrons. The van der Waals surface area contributed by atoms with Crippen LogP contribution in [0.4, 0.5) is 15.6 Å². The number of amides is 2. The van der Waals surface area contributed by atoms with E-state index in [2.05, 4.69) is 19.4 Å². The van der Waals surface area contributed by atoms with Gasteiger partial charge in [-0.1, -0.05) is 0 Å². The molecule has 8 nitrogen and oxygen atoms in total. The molecule has 2 amide bonds. The molecule has 2 aliphatic heterocycles. The fourth-order valence-electron chi connectivity index (χ4n) is 3.10. The highest BCUT2D eigenvalue weighted by molar-refractivity contribution is 7.09. The molecule has 0 spiro atoms. The van der Waals surface area contributed by atoms with Crippen molar-refractivity contribution in [3.8, 4) is 0 Å². The molecular weight excluding hydrogens is 314 g/mol. The maximum atomic E-state index is 12.1. The van der Waals surface area contributed by atoms with Crippen molar-refractivity contribution in [2.75, 3.05) is 43.0 Å². The summed E-state index contributed by atoms with van der Waals surface area (Å²) in [6.07, 6.45) is 4.79. The van der Waals surface area contributed by atoms with Gasteiger partial charge in [0, 0.05) is 51.0 Å². The van der Waals surface area contributed by atoms with Crippen LogP contribution in [0.25, 0.3) is 0 Å². The van der Waals surface area contributed by atoms with Gasteiger partial charge in [-0.05, 0) is 13.3 Å².